The van der Waals surface area contributed by atoms with Crippen LogP contribution in [0, 0.1) is 0 Å². The number of rotatable bonds is 3. The van der Waals surface area contributed by atoms with Gasteiger partial charge < -0.3 is 10.7 Å². The number of nitrogens with one attached hydrogen (secondary N) is 2. The molecule has 0 radical (unpaired) electrons. The molecule has 1 unspecified atom stereocenters. The van der Waals surface area contributed by atoms with Crippen LogP contribution in [0.2, 0.25) is 0 Å². The summed E-state index contributed by atoms with van der Waals surface area (Å²) in [6, 6.07) is 0.374. The Morgan fingerprint density at radius 1 is 1.80 bits per heavy atom. The topological polar surface area (TPSA) is 50.1 Å². The van der Waals surface area contributed by atoms with Gasteiger partial charge in [0.2, 0.25) is 0 Å². The van der Waals surface area contributed by atoms with Crippen LogP contribution in [0.25, 0.3) is 0 Å². The van der Waals surface area contributed by atoms with Crippen molar-refractivity contribution in [3.8, 4) is 0 Å². The molecular formula is C5H13N3S2. The summed E-state index contributed by atoms with van der Waals surface area (Å²) in [5.41, 5.74) is 2.37. The molecule has 0 aromatic rings. The average molecular weight is 179 g/mol. The molecule has 1 atom stereocenters. The van der Waals surface area contributed by atoms with E-state index in [0.29, 0.717) is 11.2 Å². The predicted octanol–water partition coefficient (Wildman–Crippen LogP) is 0.0757. The monoisotopic (exact) mass is 179 g/mol. The number of thioether (sulfide) groups is 1. The zero-order valence-electron chi connectivity index (χ0n) is 6.18. The van der Waals surface area contributed by atoms with E-state index in [4.69, 9.17) is 18.1 Å². The highest BCUT2D eigenvalue weighted by molar-refractivity contribution is 7.98. The normalized spacial score (nSPS) is 12.3. The second kappa shape index (κ2) is 5.76. The Hall–Kier alpha value is -0.0000000000000000486. The van der Waals surface area contributed by atoms with E-state index in [1.165, 1.54) is 0 Å². The smallest absolute Gasteiger partial charge is 0.180 e. The minimum absolute atomic E-state index is 0.374. The van der Waals surface area contributed by atoms with Crippen LogP contribution in [0.15, 0.2) is 0 Å². The maximum absolute atomic E-state index is 5.06. The summed E-state index contributed by atoms with van der Waals surface area (Å²) in [6.45, 7) is 2.06. The van der Waals surface area contributed by atoms with Gasteiger partial charge in [-0.2, -0.15) is 11.8 Å². The van der Waals surface area contributed by atoms with Crippen LogP contribution in [-0.2, 0) is 0 Å². The SMILES string of the molecule is CSCC(C)NC(=S)NN. The molecule has 0 aromatic carbocycles. The minimum Gasteiger partial charge on any atom is -0.358 e. The van der Waals surface area contributed by atoms with Crippen LogP contribution in [0.1, 0.15) is 6.92 Å². The van der Waals surface area contributed by atoms with Crippen molar-refractivity contribution >= 4 is 29.1 Å². The first-order chi connectivity index (χ1) is 4.70. The van der Waals surface area contributed by atoms with Gasteiger partial charge in [0.1, 0.15) is 0 Å². The molecule has 0 spiro atoms. The third-order valence-corrected chi connectivity index (χ3v) is 1.99. The van der Waals surface area contributed by atoms with Crippen LogP contribution < -0.4 is 16.6 Å². The van der Waals surface area contributed by atoms with Gasteiger partial charge in [-0.05, 0) is 25.4 Å². The largest absolute Gasteiger partial charge is 0.358 e. The van der Waals surface area contributed by atoms with Crippen LogP contribution in [0.3, 0.4) is 0 Å². The Kier molecular flexibility index (Phi) is 5.76. The molecule has 0 saturated heterocycles. The second-order valence-corrected chi connectivity index (χ2v) is 3.29. The van der Waals surface area contributed by atoms with Crippen molar-refractivity contribution in [2.45, 2.75) is 13.0 Å². The standard InChI is InChI=1S/C5H13N3S2/c1-4(3-10-2)7-5(9)8-6/h4H,3,6H2,1-2H3,(H2,7,8,9). The molecule has 0 aliphatic rings. The van der Waals surface area contributed by atoms with Crippen molar-refractivity contribution in [2.24, 2.45) is 5.84 Å². The molecule has 0 saturated carbocycles. The lowest BCUT2D eigenvalue weighted by Gasteiger charge is -2.13. The molecule has 0 fully saturated rings. The molecule has 5 heteroatoms. The molecule has 0 heterocycles. The van der Waals surface area contributed by atoms with Crippen molar-refractivity contribution in [1.82, 2.24) is 10.7 Å². The lowest BCUT2D eigenvalue weighted by atomic mass is 10.4. The molecule has 0 bridgehead atoms. The van der Waals surface area contributed by atoms with E-state index in [1.54, 1.807) is 11.8 Å². The van der Waals surface area contributed by atoms with E-state index < -0.39 is 0 Å². The van der Waals surface area contributed by atoms with Crippen LogP contribution in [0.5, 0.6) is 0 Å². The van der Waals surface area contributed by atoms with Gasteiger partial charge in [0, 0.05) is 11.8 Å². The summed E-state index contributed by atoms with van der Waals surface area (Å²) in [4.78, 5) is 0. The van der Waals surface area contributed by atoms with Gasteiger partial charge in [0.15, 0.2) is 5.11 Å². The van der Waals surface area contributed by atoms with Crippen molar-refractivity contribution in [1.29, 1.82) is 0 Å². The van der Waals surface area contributed by atoms with Gasteiger partial charge in [-0.25, -0.2) is 5.84 Å². The minimum atomic E-state index is 0.374. The molecule has 0 aromatic heterocycles. The number of hydrazine groups is 1. The summed E-state index contributed by atoms with van der Waals surface area (Å²) in [5.74, 6) is 6.09. The number of nitrogens with two attached hydrogens (primary N) is 1. The van der Waals surface area contributed by atoms with Gasteiger partial charge in [-0.3, -0.25) is 0 Å². The van der Waals surface area contributed by atoms with Gasteiger partial charge in [0.25, 0.3) is 0 Å². The second-order valence-electron chi connectivity index (χ2n) is 1.97. The highest BCUT2D eigenvalue weighted by atomic mass is 32.2. The van der Waals surface area contributed by atoms with Crippen LogP contribution in [0.4, 0.5) is 0 Å². The zero-order valence-corrected chi connectivity index (χ0v) is 7.81. The van der Waals surface area contributed by atoms with E-state index >= 15 is 0 Å². The Labute approximate surface area is 71.1 Å². The van der Waals surface area contributed by atoms with E-state index in [-0.39, 0.29) is 0 Å². The Bertz CT molecular complexity index is 107. The van der Waals surface area contributed by atoms with E-state index in [0.717, 1.165) is 5.75 Å². The molecule has 10 heavy (non-hydrogen) atoms. The predicted molar refractivity (Wildman–Crippen MR) is 50.9 cm³/mol. The highest BCUT2D eigenvalue weighted by Crippen LogP contribution is 1.94. The van der Waals surface area contributed by atoms with Gasteiger partial charge in [-0.1, -0.05) is 0 Å². The van der Waals surface area contributed by atoms with Crippen molar-refractivity contribution < 1.29 is 0 Å². The molecular weight excluding hydrogens is 166 g/mol. The average Bonchev–Trinajstić information content (AvgIpc) is 1.88. The third kappa shape index (κ3) is 4.84. The molecule has 0 amide bonds. The van der Waals surface area contributed by atoms with Crippen molar-refractivity contribution in [2.75, 3.05) is 12.0 Å². The van der Waals surface area contributed by atoms with Gasteiger partial charge >= 0.3 is 0 Å². The maximum atomic E-state index is 5.06. The summed E-state index contributed by atoms with van der Waals surface area (Å²) in [5, 5.41) is 3.51. The Balaban J connectivity index is 3.37. The van der Waals surface area contributed by atoms with E-state index in [9.17, 15) is 0 Å². The van der Waals surface area contributed by atoms with Gasteiger partial charge in [-0.15, -0.1) is 0 Å². The Morgan fingerprint density at radius 2 is 2.40 bits per heavy atom. The lowest BCUT2D eigenvalue weighted by Crippen LogP contribution is -2.44. The summed E-state index contributed by atoms with van der Waals surface area (Å²) < 4.78 is 0. The highest BCUT2D eigenvalue weighted by Gasteiger charge is 1.99. The zero-order chi connectivity index (χ0) is 7.98. The lowest BCUT2D eigenvalue weighted by molar-refractivity contribution is 0.729. The number of hydrogen-bond donors (Lipinski definition) is 3. The first-order valence-electron chi connectivity index (χ1n) is 2.96. The molecule has 3 nitrogen and oxygen atoms in total. The molecule has 0 aliphatic heterocycles. The quantitative estimate of drug-likeness (QED) is 0.325. The van der Waals surface area contributed by atoms with E-state index in [2.05, 4.69) is 23.9 Å². The number of hydrogen-bond acceptors (Lipinski definition) is 3. The van der Waals surface area contributed by atoms with Crippen molar-refractivity contribution in [3.05, 3.63) is 0 Å². The fourth-order valence-corrected chi connectivity index (χ4v) is 1.34. The molecule has 0 aliphatic carbocycles. The molecule has 0 rings (SSSR count). The summed E-state index contributed by atoms with van der Waals surface area (Å²) in [7, 11) is 0. The third-order valence-electron chi connectivity index (χ3n) is 0.925. The van der Waals surface area contributed by atoms with Crippen molar-refractivity contribution in [3.63, 3.8) is 0 Å². The maximum Gasteiger partial charge on any atom is 0.180 e. The molecule has 4 N–H and O–H groups in total. The fraction of sp³-hybridized carbons (Fsp3) is 0.800. The summed E-state index contributed by atoms with van der Waals surface area (Å²) >= 11 is 6.56. The van der Waals surface area contributed by atoms with Gasteiger partial charge in [0.05, 0.1) is 0 Å². The number of thiocarbonyl (C=S) groups is 1. The Morgan fingerprint density at radius 3 is 2.80 bits per heavy atom. The first-order valence-corrected chi connectivity index (χ1v) is 4.77. The van der Waals surface area contributed by atoms with Crippen LogP contribution >= 0.6 is 24.0 Å². The van der Waals surface area contributed by atoms with Crippen LogP contribution in [-0.4, -0.2) is 23.2 Å². The fourth-order valence-electron chi connectivity index (χ4n) is 0.557. The molecule has 60 valence electrons. The first kappa shape index (κ1) is 10.0. The van der Waals surface area contributed by atoms with E-state index in [1.807, 2.05) is 0 Å². The summed E-state index contributed by atoms with van der Waals surface area (Å²) in [6.07, 6.45) is 2.05.